The lowest BCUT2D eigenvalue weighted by molar-refractivity contribution is -0.147. The molecule has 3 unspecified atom stereocenters. The van der Waals surface area contributed by atoms with Gasteiger partial charge in [0.15, 0.2) is 6.04 Å². The number of aliphatic carboxylic acids is 1. The number of esters is 1. The quantitative estimate of drug-likeness (QED) is 0.0281. The highest BCUT2D eigenvalue weighted by molar-refractivity contribution is 7.47. The first-order chi connectivity index (χ1) is 23.1. The lowest BCUT2D eigenvalue weighted by Gasteiger charge is -2.18. The molecule has 12 heteroatoms. The second kappa shape index (κ2) is 32.7. The number of nitrogens with one attached hydrogen (secondary N) is 1. The molecule has 4 N–H and O–H groups in total. The number of carboxylic acid groups (broad SMARTS) is 1. The fraction of sp³-hybridized carbons (Fsp3) is 0.917. The Morgan fingerprint density at radius 3 is 1.35 bits per heavy atom. The number of aliphatic hydroxyl groups excluding tert-OH is 1. The van der Waals surface area contributed by atoms with Crippen LogP contribution in [0.25, 0.3) is 0 Å². The van der Waals surface area contributed by atoms with E-state index in [1.807, 2.05) is 0 Å². The summed E-state index contributed by atoms with van der Waals surface area (Å²) in [5.41, 5.74) is 0. The van der Waals surface area contributed by atoms with Crippen LogP contribution < -0.4 is 5.32 Å². The van der Waals surface area contributed by atoms with E-state index in [-0.39, 0.29) is 12.8 Å². The van der Waals surface area contributed by atoms with E-state index >= 15 is 0 Å². The summed E-state index contributed by atoms with van der Waals surface area (Å²) >= 11 is 0. The van der Waals surface area contributed by atoms with Crippen molar-refractivity contribution >= 4 is 25.7 Å². The lowest BCUT2D eigenvalue weighted by atomic mass is 10.0. The van der Waals surface area contributed by atoms with Crippen LogP contribution in [0.1, 0.15) is 181 Å². The molecule has 11 nitrogen and oxygen atoms in total. The van der Waals surface area contributed by atoms with Crippen LogP contribution in [0.15, 0.2) is 0 Å². The minimum absolute atomic E-state index is 0.0294. The highest BCUT2D eigenvalue weighted by Gasteiger charge is 2.28. The van der Waals surface area contributed by atoms with Gasteiger partial charge in [-0.05, 0) is 6.42 Å². The monoisotopic (exact) mass is 707 g/mol. The van der Waals surface area contributed by atoms with Crippen LogP contribution in [0, 0.1) is 0 Å². The molecule has 0 aliphatic carbocycles. The van der Waals surface area contributed by atoms with E-state index < -0.39 is 57.6 Å². The largest absolute Gasteiger partial charge is 0.480 e. The Hall–Kier alpha value is -1.52. The van der Waals surface area contributed by atoms with Crippen molar-refractivity contribution in [1.29, 1.82) is 0 Å². The number of hydrogen-bond donors (Lipinski definition) is 4. The summed E-state index contributed by atoms with van der Waals surface area (Å²) in [6.45, 7) is 1.91. The molecule has 0 saturated carbocycles. The zero-order valence-corrected chi connectivity index (χ0v) is 31.2. The van der Waals surface area contributed by atoms with Crippen molar-refractivity contribution < 1.29 is 47.8 Å². The normalized spacial score (nSPS) is 13.9. The van der Waals surface area contributed by atoms with Crippen LogP contribution in [0.2, 0.25) is 0 Å². The maximum atomic E-state index is 12.0. The summed E-state index contributed by atoms with van der Waals surface area (Å²) in [7, 11) is -4.71. The van der Waals surface area contributed by atoms with Gasteiger partial charge in [0.25, 0.3) is 0 Å². The molecule has 284 valence electrons. The Morgan fingerprint density at radius 2 is 0.979 bits per heavy atom. The molecule has 1 amide bonds. The molecule has 0 bridgehead atoms. The van der Waals surface area contributed by atoms with E-state index in [9.17, 15) is 28.9 Å². The number of ether oxygens (including phenoxy) is 1. The zero-order chi connectivity index (χ0) is 35.7. The summed E-state index contributed by atoms with van der Waals surface area (Å²) in [6, 6.07) is -1.54. The first-order valence-corrected chi connectivity index (χ1v) is 20.6. The van der Waals surface area contributed by atoms with Gasteiger partial charge in [-0.15, -0.1) is 0 Å². The Bertz CT molecular complexity index is 844. The predicted molar refractivity (Wildman–Crippen MR) is 190 cm³/mol. The summed E-state index contributed by atoms with van der Waals surface area (Å²) in [4.78, 5) is 44.2. The first-order valence-electron chi connectivity index (χ1n) is 19.1. The number of phosphoric ester groups is 1. The van der Waals surface area contributed by atoms with E-state index in [2.05, 4.69) is 21.3 Å². The number of carboxylic acids is 1. The SMILES string of the molecule is CCCCCCCCCCCCCCCCCCCCCCCCCCC(=O)OCC(O)COP(=O)(O)OCC(NC(=O)CC)C(=O)O. The third-order valence-electron chi connectivity index (χ3n) is 8.46. The number of unbranched alkanes of at least 4 members (excludes halogenated alkanes) is 23. The summed E-state index contributed by atoms with van der Waals surface area (Å²) < 4.78 is 26.2. The molecular weight excluding hydrogens is 637 g/mol. The van der Waals surface area contributed by atoms with E-state index in [0.717, 1.165) is 19.3 Å². The van der Waals surface area contributed by atoms with Crippen LogP contribution in [0.3, 0.4) is 0 Å². The average Bonchev–Trinajstić information content (AvgIpc) is 3.06. The molecule has 0 radical (unpaired) electrons. The number of carbonyl (C=O) groups is 3. The van der Waals surface area contributed by atoms with Crippen molar-refractivity contribution in [1.82, 2.24) is 5.32 Å². The number of carbonyl (C=O) groups excluding carboxylic acids is 2. The molecule has 0 rings (SSSR count). The lowest BCUT2D eigenvalue weighted by Crippen LogP contribution is -2.43. The van der Waals surface area contributed by atoms with Crippen LogP contribution >= 0.6 is 7.82 Å². The predicted octanol–water partition coefficient (Wildman–Crippen LogP) is 8.78. The Morgan fingerprint density at radius 1 is 0.604 bits per heavy atom. The van der Waals surface area contributed by atoms with Gasteiger partial charge >= 0.3 is 19.8 Å². The molecule has 0 spiro atoms. The Balaban J connectivity index is 3.54. The van der Waals surface area contributed by atoms with Gasteiger partial charge in [-0.25, -0.2) is 9.36 Å². The second-order valence-corrected chi connectivity index (χ2v) is 14.5. The van der Waals surface area contributed by atoms with Gasteiger partial charge in [-0.3, -0.25) is 18.6 Å². The summed E-state index contributed by atoms with van der Waals surface area (Å²) in [6.07, 6.45) is 30.3. The van der Waals surface area contributed by atoms with Crippen molar-refractivity contribution in [3.8, 4) is 0 Å². The third kappa shape index (κ3) is 31.7. The van der Waals surface area contributed by atoms with Gasteiger partial charge in [0, 0.05) is 12.8 Å². The molecule has 0 aromatic rings. The Kier molecular flexibility index (Phi) is 31.6. The fourth-order valence-electron chi connectivity index (χ4n) is 5.40. The van der Waals surface area contributed by atoms with Crippen LogP contribution in [-0.4, -0.2) is 64.9 Å². The average molecular weight is 708 g/mol. The van der Waals surface area contributed by atoms with E-state index in [1.165, 1.54) is 135 Å². The van der Waals surface area contributed by atoms with Gasteiger partial charge in [0.05, 0.1) is 13.2 Å². The molecule has 0 aliphatic rings. The van der Waals surface area contributed by atoms with Crippen LogP contribution in [0.4, 0.5) is 0 Å². The van der Waals surface area contributed by atoms with Gasteiger partial charge in [-0.1, -0.05) is 162 Å². The van der Waals surface area contributed by atoms with Crippen molar-refractivity contribution in [2.75, 3.05) is 19.8 Å². The highest BCUT2D eigenvalue weighted by Crippen LogP contribution is 2.43. The van der Waals surface area contributed by atoms with E-state index in [1.54, 1.807) is 0 Å². The highest BCUT2D eigenvalue weighted by atomic mass is 31.2. The molecule has 0 saturated heterocycles. The van der Waals surface area contributed by atoms with Crippen molar-refractivity contribution in [2.24, 2.45) is 0 Å². The minimum Gasteiger partial charge on any atom is -0.480 e. The zero-order valence-electron chi connectivity index (χ0n) is 30.3. The van der Waals surface area contributed by atoms with E-state index in [0.29, 0.717) is 6.42 Å². The number of phosphoric acid groups is 1. The van der Waals surface area contributed by atoms with Gasteiger partial charge in [0.1, 0.15) is 12.7 Å². The summed E-state index contributed by atoms with van der Waals surface area (Å²) in [5.74, 6) is -2.48. The van der Waals surface area contributed by atoms with Gasteiger partial charge in [0.2, 0.25) is 5.91 Å². The molecule has 48 heavy (non-hydrogen) atoms. The molecule has 0 aromatic carbocycles. The number of aliphatic hydroxyl groups is 1. The first kappa shape index (κ1) is 46.5. The Labute approximate surface area is 291 Å². The molecule has 0 aliphatic heterocycles. The standard InChI is InChI=1S/C36H70NO10P/c1-3-5-6-7-8-9-10-11-12-13-14-15-16-17-18-19-20-21-22-23-24-25-26-27-28-35(40)45-29-32(38)30-46-48(43,44)47-31-33(36(41)42)37-34(39)4-2/h32-33,38H,3-31H2,1-2H3,(H,37,39)(H,41,42)(H,43,44). The molecular formula is C36H70NO10P. The second-order valence-electron chi connectivity index (χ2n) is 13.1. The van der Waals surface area contributed by atoms with Crippen molar-refractivity contribution in [3.05, 3.63) is 0 Å². The third-order valence-corrected chi connectivity index (χ3v) is 9.41. The summed E-state index contributed by atoms with van der Waals surface area (Å²) in [5, 5.41) is 21.1. The van der Waals surface area contributed by atoms with Gasteiger partial charge in [-0.2, -0.15) is 0 Å². The number of rotatable bonds is 36. The van der Waals surface area contributed by atoms with Crippen LogP contribution in [-0.2, 0) is 32.7 Å². The number of amides is 1. The minimum atomic E-state index is -4.71. The van der Waals surface area contributed by atoms with Crippen molar-refractivity contribution in [3.63, 3.8) is 0 Å². The smallest absolute Gasteiger partial charge is 0.472 e. The van der Waals surface area contributed by atoms with E-state index in [4.69, 9.17) is 9.84 Å². The van der Waals surface area contributed by atoms with Crippen LogP contribution in [0.5, 0.6) is 0 Å². The molecule has 0 aromatic heterocycles. The maximum Gasteiger partial charge on any atom is 0.472 e. The molecule has 3 atom stereocenters. The molecule has 0 fully saturated rings. The maximum absolute atomic E-state index is 12.0. The topological polar surface area (TPSA) is 169 Å². The van der Waals surface area contributed by atoms with Gasteiger partial charge < -0.3 is 25.2 Å². The molecule has 0 heterocycles. The number of hydrogen-bond acceptors (Lipinski definition) is 8. The fourth-order valence-corrected chi connectivity index (χ4v) is 6.17. The van der Waals surface area contributed by atoms with Crippen molar-refractivity contribution in [2.45, 2.75) is 193 Å².